The van der Waals surface area contributed by atoms with E-state index in [4.69, 9.17) is 16.3 Å². The van der Waals surface area contributed by atoms with Gasteiger partial charge in [-0.15, -0.1) is 0 Å². The first kappa shape index (κ1) is 23.7. The second-order valence-corrected chi connectivity index (χ2v) is 8.04. The summed E-state index contributed by atoms with van der Waals surface area (Å²) >= 11 is 9.38. The third-order valence-corrected chi connectivity index (χ3v) is 5.02. The lowest BCUT2D eigenvalue weighted by Gasteiger charge is -2.13. The SMILES string of the molecule is Cc1c(Cl)cccc1NC(=O)CCC(=O)NNC(=O)c1ccc(OC(C)C)c(Br)c1. The van der Waals surface area contributed by atoms with E-state index in [1.807, 2.05) is 13.8 Å². The Bertz CT molecular complexity index is 950. The minimum Gasteiger partial charge on any atom is -0.490 e. The Kier molecular flexibility index (Phi) is 8.68. The molecular weight excluding hydrogens is 474 g/mol. The van der Waals surface area contributed by atoms with Crippen molar-refractivity contribution in [1.29, 1.82) is 0 Å². The van der Waals surface area contributed by atoms with Crippen LogP contribution in [0, 0.1) is 6.92 Å². The van der Waals surface area contributed by atoms with E-state index in [1.165, 1.54) is 0 Å². The van der Waals surface area contributed by atoms with Crippen LogP contribution in [0.25, 0.3) is 0 Å². The Morgan fingerprint density at radius 3 is 2.43 bits per heavy atom. The van der Waals surface area contributed by atoms with E-state index in [-0.39, 0.29) is 24.9 Å². The molecule has 30 heavy (non-hydrogen) atoms. The van der Waals surface area contributed by atoms with Crippen molar-refractivity contribution >= 4 is 50.9 Å². The van der Waals surface area contributed by atoms with Crippen LogP contribution in [0.15, 0.2) is 40.9 Å². The first-order chi connectivity index (χ1) is 14.2. The van der Waals surface area contributed by atoms with Gasteiger partial charge < -0.3 is 10.1 Å². The lowest BCUT2D eigenvalue weighted by atomic mass is 10.2. The molecule has 160 valence electrons. The van der Waals surface area contributed by atoms with Crippen LogP contribution in [-0.4, -0.2) is 23.8 Å². The molecule has 3 N–H and O–H groups in total. The molecule has 0 fully saturated rings. The van der Waals surface area contributed by atoms with Crippen LogP contribution in [0.3, 0.4) is 0 Å². The number of hydrogen-bond donors (Lipinski definition) is 3. The molecule has 0 aromatic heterocycles. The van der Waals surface area contributed by atoms with E-state index in [9.17, 15) is 14.4 Å². The van der Waals surface area contributed by atoms with Crippen molar-refractivity contribution in [3.05, 3.63) is 57.0 Å². The Balaban J connectivity index is 1.80. The minimum atomic E-state index is -0.487. The van der Waals surface area contributed by atoms with Gasteiger partial charge in [0, 0.05) is 29.1 Å². The fourth-order valence-corrected chi connectivity index (χ4v) is 3.08. The van der Waals surface area contributed by atoms with E-state index in [1.54, 1.807) is 43.3 Å². The Labute approximate surface area is 188 Å². The zero-order valence-corrected chi connectivity index (χ0v) is 19.2. The zero-order valence-electron chi connectivity index (χ0n) is 16.8. The summed E-state index contributed by atoms with van der Waals surface area (Å²) in [6, 6.07) is 10.0. The molecule has 0 aliphatic carbocycles. The summed E-state index contributed by atoms with van der Waals surface area (Å²) in [7, 11) is 0. The molecule has 3 amide bonds. The second kappa shape index (κ2) is 11.0. The largest absolute Gasteiger partial charge is 0.490 e. The van der Waals surface area contributed by atoms with Crippen molar-refractivity contribution < 1.29 is 19.1 Å². The molecular formula is C21H23BrClN3O4. The van der Waals surface area contributed by atoms with Crippen molar-refractivity contribution in [2.45, 2.75) is 39.7 Å². The number of benzene rings is 2. The van der Waals surface area contributed by atoms with Crippen LogP contribution >= 0.6 is 27.5 Å². The number of rotatable bonds is 7. The van der Waals surface area contributed by atoms with Gasteiger partial charge >= 0.3 is 0 Å². The maximum absolute atomic E-state index is 12.2. The Morgan fingerprint density at radius 2 is 1.77 bits per heavy atom. The van der Waals surface area contributed by atoms with Gasteiger partial charge in [-0.2, -0.15) is 0 Å². The topological polar surface area (TPSA) is 96.5 Å². The highest BCUT2D eigenvalue weighted by Crippen LogP contribution is 2.27. The molecule has 0 spiro atoms. The average Bonchev–Trinajstić information content (AvgIpc) is 2.69. The van der Waals surface area contributed by atoms with Gasteiger partial charge in [0.05, 0.1) is 10.6 Å². The molecule has 2 rings (SSSR count). The van der Waals surface area contributed by atoms with Gasteiger partial charge in [-0.25, -0.2) is 0 Å². The van der Waals surface area contributed by atoms with Crippen molar-refractivity contribution in [3.63, 3.8) is 0 Å². The lowest BCUT2D eigenvalue weighted by Crippen LogP contribution is -2.41. The number of hydrogen-bond acceptors (Lipinski definition) is 4. The van der Waals surface area contributed by atoms with Gasteiger partial charge in [0.25, 0.3) is 5.91 Å². The van der Waals surface area contributed by atoms with Gasteiger partial charge in [0.2, 0.25) is 11.8 Å². The molecule has 7 nitrogen and oxygen atoms in total. The molecule has 0 atom stereocenters. The number of amides is 3. The highest BCUT2D eigenvalue weighted by Gasteiger charge is 2.13. The zero-order chi connectivity index (χ0) is 22.3. The lowest BCUT2D eigenvalue weighted by molar-refractivity contribution is -0.124. The summed E-state index contributed by atoms with van der Waals surface area (Å²) in [5.74, 6) is -0.683. The summed E-state index contributed by atoms with van der Waals surface area (Å²) in [5, 5.41) is 3.26. The molecule has 2 aromatic carbocycles. The van der Waals surface area contributed by atoms with E-state index >= 15 is 0 Å². The molecule has 9 heteroatoms. The number of ether oxygens (including phenoxy) is 1. The van der Waals surface area contributed by atoms with E-state index in [0.29, 0.717) is 26.5 Å². The standard InChI is InChI=1S/C21H23BrClN3O4/c1-12(2)30-18-8-7-14(11-15(18)22)21(29)26-25-20(28)10-9-19(27)24-17-6-4-5-16(23)13(17)3/h4-8,11-12H,9-10H2,1-3H3,(H,24,27)(H,25,28)(H,26,29). The fraction of sp³-hybridized carbons (Fsp3) is 0.286. The number of nitrogens with one attached hydrogen (secondary N) is 3. The van der Waals surface area contributed by atoms with Crippen molar-refractivity contribution in [1.82, 2.24) is 10.9 Å². The van der Waals surface area contributed by atoms with Crippen LogP contribution in [0.2, 0.25) is 5.02 Å². The van der Waals surface area contributed by atoms with E-state index in [0.717, 1.165) is 5.56 Å². The number of carbonyl (C=O) groups is 3. The summed E-state index contributed by atoms with van der Waals surface area (Å²) in [4.78, 5) is 36.2. The predicted octanol–water partition coefficient (Wildman–Crippen LogP) is 4.38. The Hall–Kier alpha value is -2.58. The highest BCUT2D eigenvalue weighted by molar-refractivity contribution is 9.10. The third-order valence-electron chi connectivity index (χ3n) is 3.99. The molecule has 0 aliphatic rings. The smallest absolute Gasteiger partial charge is 0.269 e. The number of anilines is 1. The van der Waals surface area contributed by atoms with Gasteiger partial charge in [-0.05, 0) is 72.6 Å². The van der Waals surface area contributed by atoms with Crippen LogP contribution in [0.1, 0.15) is 42.6 Å². The van der Waals surface area contributed by atoms with Crippen molar-refractivity contribution in [2.24, 2.45) is 0 Å². The maximum Gasteiger partial charge on any atom is 0.269 e. The maximum atomic E-state index is 12.2. The van der Waals surface area contributed by atoms with Crippen LogP contribution in [-0.2, 0) is 9.59 Å². The molecule has 0 aliphatic heterocycles. The first-order valence-electron chi connectivity index (χ1n) is 9.27. The Morgan fingerprint density at radius 1 is 1.07 bits per heavy atom. The molecule has 2 aromatic rings. The molecule has 0 radical (unpaired) electrons. The second-order valence-electron chi connectivity index (χ2n) is 6.77. The number of halogens is 2. The molecule has 0 bridgehead atoms. The minimum absolute atomic E-state index is 0.000238. The van der Waals surface area contributed by atoms with Gasteiger partial charge in [-0.1, -0.05) is 17.7 Å². The number of hydrazine groups is 1. The van der Waals surface area contributed by atoms with E-state index in [2.05, 4.69) is 32.1 Å². The summed E-state index contributed by atoms with van der Waals surface area (Å²) in [6.07, 6.45) is -0.128. The normalized spacial score (nSPS) is 10.5. The molecule has 0 heterocycles. The predicted molar refractivity (Wildman–Crippen MR) is 120 cm³/mol. The summed E-state index contributed by atoms with van der Waals surface area (Å²) in [5.41, 5.74) is 6.31. The summed E-state index contributed by atoms with van der Waals surface area (Å²) < 4.78 is 6.22. The van der Waals surface area contributed by atoms with E-state index < -0.39 is 11.8 Å². The van der Waals surface area contributed by atoms with Crippen molar-refractivity contribution in [2.75, 3.05) is 5.32 Å². The van der Waals surface area contributed by atoms with Crippen LogP contribution in [0.4, 0.5) is 5.69 Å². The third kappa shape index (κ3) is 7.03. The van der Waals surface area contributed by atoms with Gasteiger partial charge in [-0.3, -0.25) is 25.2 Å². The van der Waals surface area contributed by atoms with Gasteiger partial charge in [0.15, 0.2) is 0 Å². The molecule has 0 saturated carbocycles. The molecule has 0 saturated heterocycles. The number of carbonyl (C=O) groups excluding carboxylic acids is 3. The first-order valence-corrected chi connectivity index (χ1v) is 10.4. The quantitative estimate of drug-likeness (QED) is 0.496. The monoisotopic (exact) mass is 495 g/mol. The molecule has 0 unspecified atom stereocenters. The van der Waals surface area contributed by atoms with Crippen LogP contribution < -0.4 is 20.9 Å². The average molecular weight is 497 g/mol. The fourth-order valence-electron chi connectivity index (χ4n) is 2.44. The van der Waals surface area contributed by atoms with Crippen molar-refractivity contribution in [3.8, 4) is 5.75 Å². The highest BCUT2D eigenvalue weighted by atomic mass is 79.9. The van der Waals surface area contributed by atoms with Crippen LogP contribution in [0.5, 0.6) is 5.75 Å². The van der Waals surface area contributed by atoms with Gasteiger partial charge in [0.1, 0.15) is 5.75 Å². The summed E-state index contributed by atoms with van der Waals surface area (Å²) in [6.45, 7) is 5.60.